The summed E-state index contributed by atoms with van der Waals surface area (Å²) in [7, 11) is 2.12. The van der Waals surface area contributed by atoms with Gasteiger partial charge in [0.25, 0.3) is 0 Å². The second-order valence-corrected chi connectivity index (χ2v) is 5.10. The van der Waals surface area contributed by atoms with Crippen molar-refractivity contribution in [1.82, 2.24) is 4.90 Å². The van der Waals surface area contributed by atoms with Crippen molar-refractivity contribution >= 4 is 5.71 Å². The Labute approximate surface area is 111 Å². The fourth-order valence-corrected chi connectivity index (χ4v) is 2.61. The van der Waals surface area contributed by atoms with Crippen LogP contribution in [0.2, 0.25) is 0 Å². The molecule has 1 aliphatic heterocycles. The molecule has 1 aliphatic carbocycles. The monoisotopic (exact) mass is 244 g/mol. The average molecular weight is 244 g/mol. The lowest BCUT2D eigenvalue weighted by atomic mass is 10.0. The average Bonchev–Trinajstić information content (AvgIpc) is 2.61. The summed E-state index contributed by atoms with van der Waals surface area (Å²) >= 11 is 0. The van der Waals surface area contributed by atoms with E-state index in [4.69, 9.17) is 4.99 Å². The van der Waals surface area contributed by atoms with E-state index in [0.29, 0.717) is 0 Å². The first-order valence-corrected chi connectivity index (χ1v) is 7.12. The molecule has 0 N–H and O–H groups in total. The minimum atomic E-state index is 1.07. The maximum absolute atomic E-state index is 4.86. The number of rotatable bonds is 2. The van der Waals surface area contributed by atoms with Crippen LogP contribution in [0.4, 0.5) is 0 Å². The zero-order chi connectivity index (χ0) is 13.0. The molecule has 2 heteroatoms. The van der Waals surface area contributed by atoms with Gasteiger partial charge in [-0.1, -0.05) is 25.5 Å². The van der Waals surface area contributed by atoms with Gasteiger partial charge < -0.3 is 4.90 Å². The van der Waals surface area contributed by atoms with E-state index in [9.17, 15) is 0 Å². The number of hydrogen-bond acceptors (Lipinski definition) is 2. The van der Waals surface area contributed by atoms with E-state index in [-0.39, 0.29) is 0 Å². The lowest BCUT2D eigenvalue weighted by molar-refractivity contribution is 0.500. The molecule has 0 amide bonds. The highest BCUT2D eigenvalue weighted by Crippen LogP contribution is 2.30. The van der Waals surface area contributed by atoms with Crippen molar-refractivity contribution in [3.8, 4) is 0 Å². The maximum Gasteiger partial charge on any atom is 0.132 e. The van der Waals surface area contributed by atoms with Gasteiger partial charge in [-0.05, 0) is 50.7 Å². The molecule has 0 unspecified atom stereocenters. The first kappa shape index (κ1) is 13.1. The molecule has 1 heterocycles. The van der Waals surface area contributed by atoms with E-state index in [1.807, 2.05) is 0 Å². The molecule has 0 radical (unpaired) electrons. The van der Waals surface area contributed by atoms with Crippen LogP contribution in [0.5, 0.6) is 0 Å². The number of fused-ring (bicyclic) bond motifs is 1. The second-order valence-electron chi connectivity index (χ2n) is 5.10. The van der Waals surface area contributed by atoms with Gasteiger partial charge >= 0.3 is 0 Å². The fraction of sp³-hybridized carbons (Fsp3) is 0.562. The zero-order valence-corrected chi connectivity index (χ0v) is 11.9. The van der Waals surface area contributed by atoms with E-state index < -0.39 is 0 Å². The Bertz CT molecular complexity index is 424. The predicted molar refractivity (Wildman–Crippen MR) is 78.5 cm³/mol. The molecular weight excluding hydrogens is 220 g/mol. The molecule has 0 bridgehead atoms. The molecule has 18 heavy (non-hydrogen) atoms. The van der Waals surface area contributed by atoms with Crippen molar-refractivity contribution in [1.29, 1.82) is 0 Å². The topological polar surface area (TPSA) is 15.6 Å². The Morgan fingerprint density at radius 2 is 2.00 bits per heavy atom. The smallest absolute Gasteiger partial charge is 0.132 e. The van der Waals surface area contributed by atoms with Gasteiger partial charge in [-0.25, -0.2) is 4.99 Å². The summed E-state index contributed by atoms with van der Waals surface area (Å²) in [6.45, 7) is 4.38. The van der Waals surface area contributed by atoms with Gasteiger partial charge in [0, 0.05) is 18.5 Å². The van der Waals surface area contributed by atoms with Crippen molar-refractivity contribution in [3.05, 3.63) is 35.3 Å². The van der Waals surface area contributed by atoms with Crippen molar-refractivity contribution in [3.63, 3.8) is 0 Å². The molecule has 2 nitrogen and oxygen atoms in total. The molecule has 0 aromatic carbocycles. The Balaban J connectivity index is 2.30. The van der Waals surface area contributed by atoms with Gasteiger partial charge in [-0.15, -0.1) is 0 Å². The van der Waals surface area contributed by atoms with Crippen LogP contribution in [-0.4, -0.2) is 17.7 Å². The molecule has 0 atom stereocenters. The molecule has 1 saturated carbocycles. The van der Waals surface area contributed by atoms with Crippen molar-refractivity contribution in [2.24, 2.45) is 4.99 Å². The van der Waals surface area contributed by atoms with E-state index in [1.54, 1.807) is 0 Å². The quantitative estimate of drug-likeness (QED) is 0.702. The molecule has 98 valence electrons. The van der Waals surface area contributed by atoms with Crippen LogP contribution in [0.25, 0.3) is 0 Å². The number of allylic oxidation sites excluding steroid dienone is 5. The third-order valence-electron chi connectivity index (χ3n) is 3.84. The molecule has 2 rings (SSSR count). The highest BCUT2D eigenvalue weighted by atomic mass is 15.2. The molecule has 0 saturated heterocycles. The van der Waals surface area contributed by atoms with E-state index in [1.165, 1.54) is 42.7 Å². The molecule has 0 aromatic heterocycles. The molecule has 1 fully saturated rings. The van der Waals surface area contributed by atoms with Crippen LogP contribution < -0.4 is 0 Å². The Morgan fingerprint density at radius 1 is 1.22 bits per heavy atom. The maximum atomic E-state index is 4.86. The summed E-state index contributed by atoms with van der Waals surface area (Å²) < 4.78 is 0. The summed E-state index contributed by atoms with van der Waals surface area (Å²) in [6.07, 6.45) is 13.8. The molecule has 0 aromatic rings. The Morgan fingerprint density at radius 3 is 2.78 bits per heavy atom. The second kappa shape index (κ2) is 6.03. The summed E-state index contributed by atoms with van der Waals surface area (Å²) in [5, 5.41) is 0. The zero-order valence-electron chi connectivity index (χ0n) is 11.9. The van der Waals surface area contributed by atoms with Crippen LogP contribution in [0, 0.1) is 0 Å². The molecule has 0 spiro atoms. The van der Waals surface area contributed by atoms with Crippen LogP contribution in [0.3, 0.4) is 0 Å². The van der Waals surface area contributed by atoms with Crippen molar-refractivity contribution in [2.75, 3.05) is 7.05 Å². The molecular formula is C16H24N2. The van der Waals surface area contributed by atoms with Crippen molar-refractivity contribution in [2.45, 2.75) is 52.4 Å². The van der Waals surface area contributed by atoms with E-state index >= 15 is 0 Å². The summed E-state index contributed by atoms with van der Waals surface area (Å²) in [5.41, 5.74) is 4.21. The Hall–Kier alpha value is -1.31. The molecule has 2 aliphatic rings. The highest BCUT2D eigenvalue weighted by Gasteiger charge is 2.22. The van der Waals surface area contributed by atoms with Crippen molar-refractivity contribution < 1.29 is 0 Å². The van der Waals surface area contributed by atoms with Crippen LogP contribution in [0.1, 0.15) is 52.4 Å². The van der Waals surface area contributed by atoms with Crippen LogP contribution in [-0.2, 0) is 0 Å². The number of aliphatic imine (C=N–C) groups is 1. The van der Waals surface area contributed by atoms with E-state index in [2.05, 4.69) is 44.0 Å². The Kier molecular flexibility index (Phi) is 4.40. The van der Waals surface area contributed by atoms with Gasteiger partial charge in [0.2, 0.25) is 0 Å². The first-order valence-electron chi connectivity index (χ1n) is 7.12. The number of nitrogens with zero attached hydrogens (tertiary/aromatic N) is 2. The van der Waals surface area contributed by atoms with Gasteiger partial charge in [0.15, 0.2) is 0 Å². The third kappa shape index (κ3) is 2.74. The lowest BCUT2D eigenvalue weighted by Gasteiger charge is -2.29. The summed E-state index contributed by atoms with van der Waals surface area (Å²) in [4.78, 5) is 7.09. The minimum absolute atomic E-state index is 1.07. The standard InChI is InChI=1S/C16H24N2/c1-4-5-7-12-16-17-15-11-9-6-8-10-14(15)13(2)18(16)3/h5,7,12H,4,6,8-11H2,1-3H3/b7-5-,16-12-. The first-order chi connectivity index (χ1) is 8.74. The van der Waals surface area contributed by atoms with Gasteiger partial charge in [-0.2, -0.15) is 0 Å². The normalized spacial score (nSPS) is 23.4. The van der Waals surface area contributed by atoms with Gasteiger partial charge in [-0.3, -0.25) is 0 Å². The van der Waals surface area contributed by atoms with Gasteiger partial charge in [0.05, 0.1) is 0 Å². The third-order valence-corrected chi connectivity index (χ3v) is 3.84. The fourth-order valence-electron chi connectivity index (χ4n) is 2.61. The SMILES string of the molecule is CC/C=C\C=C1\N=C2CCCCCC2=C(C)N1C. The van der Waals surface area contributed by atoms with Crippen LogP contribution in [0.15, 0.2) is 40.3 Å². The summed E-state index contributed by atoms with van der Waals surface area (Å²) in [6, 6.07) is 0. The largest absolute Gasteiger partial charge is 0.333 e. The van der Waals surface area contributed by atoms with Gasteiger partial charge in [0.1, 0.15) is 5.82 Å². The van der Waals surface area contributed by atoms with Crippen LogP contribution >= 0.6 is 0 Å². The lowest BCUT2D eigenvalue weighted by Crippen LogP contribution is -2.24. The highest BCUT2D eigenvalue weighted by molar-refractivity contribution is 6.02. The predicted octanol–water partition coefficient (Wildman–Crippen LogP) is 4.42. The number of hydrogen-bond donors (Lipinski definition) is 0. The van der Waals surface area contributed by atoms with E-state index in [0.717, 1.165) is 18.7 Å². The minimum Gasteiger partial charge on any atom is -0.333 e. The summed E-state index contributed by atoms with van der Waals surface area (Å²) in [5.74, 6) is 1.08.